The van der Waals surface area contributed by atoms with Crippen LogP contribution in [0.2, 0.25) is 0 Å². The summed E-state index contributed by atoms with van der Waals surface area (Å²) in [4.78, 5) is 35.2. The van der Waals surface area contributed by atoms with Crippen LogP contribution in [0.1, 0.15) is 6.42 Å². The molecule has 0 aliphatic rings. The van der Waals surface area contributed by atoms with Crippen molar-refractivity contribution in [1.82, 2.24) is 15.5 Å². The maximum absolute atomic E-state index is 11.4. The average molecular weight is 275 g/mol. The van der Waals surface area contributed by atoms with Gasteiger partial charge in [0.05, 0.1) is 26.7 Å². The zero-order valence-corrected chi connectivity index (χ0v) is 11.5. The lowest BCUT2D eigenvalue weighted by atomic mass is 10.4. The molecule has 19 heavy (non-hydrogen) atoms. The third kappa shape index (κ3) is 9.98. The molecule has 0 aromatic carbocycles. The Bertz CT molecular complexity index is 309. The molecule has 0 saturated carbocycles. The van der Waals surface area contributed by atoms with Gasteiger partial charge in [-0.2, -0.15) is 0 Å². The van der Waals surface area contributed by atoms with Gasteiger partial charge in [-0.3, -0.25) is 19.8 Å². The van der Waals surface area contributed by atoms with Crippen LogP contribution in [0.5, 0.6) is 0 Å². The summed E-state index contributed by atoms with van der Waals surface area (Å²) in [5.74, 6) is -0.785. The van der Waals surface area contributed by atoms with Gasteiger partial charge in [0.25, 0.3) is 0 Å². The van der Waals surface area contributed by atoms with Crippen molar-refractivity contribution in [2.45, 2.75) is 6.42 Å². The van der Waals surface area contributed by atoms with Crippen molar-refractivity contribution < 1.29 is 23.9 Å². The van der Waals surface area contributed by atoms with Crippen LogP contribution in [0.15, 0.2) is 0 Å². The number of carbonyl (C=O) groups excluding carboxylic acids is 3. The number of rotatable bonds is 8. The molecule has 0 aliphatic carbocycles. The fourth-order valence-corrected chi connectivity index (χ4v) is 1.19. The number of likely N-dealkylation sites (N-methyl/N-ethyl adjacent to an activating group) is 1. The molecule has 0 rings (SSSR count). The number of nitrogens with zero attached hydrogens (tertiary/aromatic N) is 1. The Morgan fingerprint density at radius 3 is 2.47 bits per heavy atom. The first-order valence-corrected chi connectivity index (χ1v) is 5.81. The fourth-order valence-electron chi connectivity index (χ4n) is 1.19. The molecule has 0 atom stereocenters. The van der Waals surface area contributed by atoms with Gasteiger partial charge in [-0.1, -0.05) is 0 Å². The van der Waals surface area contributed by atoms with Crippen LogP contribution in [0.25, 0.3) is 0 Å². The number of ether oxygens (including phenoxy) is 2. The van der Waals surface area contributed by atoms with Gasteiger partial charge >= 0.3 is 12.0 Å². The Balaban J connectivity index is 3.77. The first-order valence-electron chi connectivity index (χ1n) is 5.81. The van der Waals surface area contributed by atoms with E-state index in [0.29, 0.717) is 19.7 Å². The molecule has 0 aromatic heterocycles. The minimum absolute atomic E-state index is 0.0225. The second kappa shape index (κ2) is 10.3. The molecule has 0 heterocycles. The summed E-state index contributed by atoms with van der Waals surface area (Å²) >= 11 is 0. The van der Waals surface area contributed by atoms with E-state index in [1.165, 1.54) is 14.2 Å². The van der Waals surface area contributed by atoms with E-state index in [1.807, 2.05) is 0 Å². The highest BCUT2D eigenvalue weighted by molar-refractivity contribution is 5.95. The van der Waals surface area contributed by atoms with E-state index in [0.717, 1.165) is 0 Å². The summed E-state index contributed by atoms with van der Waals surface area (Å²) in [6.07, 6.45) is 0.195. The number of urea groups is 1. The van der Waals surface area contributed by atoms with Crippen LogP contribution >= 0.6 is 0 Å². The Hall–Kier alpha value is -1.67. The summed E-state index contributed by atoms with van der Waals surface area (Å²) < 4.78 is 9.23. The van der Waals surface area contributed by atoms with Gasteiger partial charge in [-0.15, -0.1) is 0 Å². The monoisotopic (exact) mass is 275 g/mol. The molecule has 8 heteroatoms. The van der Waals surface area contributed by atoms with Crippen molar-refractivity contribution in [2.75, 3.05) is 47.5 Å². The maximum atomic E-state index is 11.4. The number of nitrogens with one attached hydrogen (secondary N) is 2. The van der Waals surface area contributed by atoms with Gasteiger partial charge in [-0.05, 0) is 7.05 Å². The molecule has 0 unspecified atom stereocenters. The Morgan fingerprint density at radius 1 is 1.21 bits per heavy atom. The third-order valence-corrected chi connectivity index (χ3v) is 2.18. The third-order valence-electron chi connectivity index (χ3n) is 2.18. The maximum Gasteiger partial charge on any atom is 0.321 e. The lowest BCUT2D eigenvalue weighted by Crippen LogP contribution is -2.44. The minimum Gasteiger partial charge on any atom is -0.469 e. The first-order chi connectivity index (χ1) is 8.99. The lowest BCUT2D eigenvalue weighted by Gasteiger charge is -2.15. The van der Waals surface area contributed by atoms with Crippen LogP contribution in [0, 0.1) is 0 Å². The van der Waals surface area contributed by atoms with Gasteiger partial charge in [0, 0.05) is 20.2 Å². The SMILES string of the molecule is COCCNC(=O)NC(=O)CN(C)CCC(=O)OC. The second-order valence-corrected chi connectivity index (χ2v) is 3.86. The quantitative estimate of drug-likeness (QED) is 0.433. The number of amides is 3. The average Bonchev–Trinajstić information content (AvgIpc) is 2.35. The van der Waals surface area contributed by atoms with Gasteiger partial charge in [0.15, 0.2) is 0 Å². The topological polar surface area (TPSA) is 97.0 Å². The number of carbonyl (C=O) groups is 3. The smallest absolute Gasteiger partial charge is 0.321 e. The van der Waals surface area contributed by atoms with Crippen molar-refractivity contribution in [3.05, 3.63) is 0 Å². The van der Waals surface area contributed by atoms with Gasteiger partial charge < -0.3 is 14.8 Å². The molecule has 110 valence electrons. The highest BCUT2D eigenvalue weighted by atomic mass is 16.5. The number of hydrogen-bond donors (Lipinski definition) is 2. The molecule has 8 nitrogen and oxygen atoms in total. The molecule has 0 aliphatic heterocycles. The Labute approximate surface area is 112 Å². The van der Waals surface area contributed by atoms with Crippen LogP contribution in [-0.2, 0) is 19.1 Å². The minimum atomic E-state index is -0.566. The largest absolute Gasteiger partial charge is 0.469 e. The summed E-state index contributed by atoms with van der Waals surface area (Å²) in [6, 6.07) is -0.566. The highest BCUT2D eigenvalue weighted by Crippen LogP contribution is 1.89. The molecule has 0 radical (unpaired) electrons. The molecule has 0 spiro atoms. The van der Waals surface area contributed by atoms with Gasteiger partial charge in [-0.25, -0.2) is 4.79 Å². The number of methoxy groups -OCH3 is 2. The summed E-state index contributed by atoms with van der Waals surface area (Å²) in [6.45, 7) is 1.11. The van der Waals surface area contributed by atoms with Crippen molar-refractivity contribution in [2.24, 2.45) is 0 Å². The van der Waals surface area contributed by atoms with E-state index in [4.69, 9.17) is 4.74 Å². The number of hydrogen-bond acceptors (Lipinski definition) is 6. The normalized spacial score (nSPS) is 10.1. The van der Waals surface area contributed by atoms with Crippen molar-refractivity contribution in [3.8, 4) is 0 Å². The molecule has 3 amide bonds. The van der Waals surface area contributed by atoms with Gasteiger partial charge in [0.2, 0.25) is 5.91 Å². The number of imide groups is 1. The predicted octanol–water partition coefficient (Wildman–Crippen LogP) is -1.05. The molecule has 2 N–H and O–H groups in total. The van der Waals surface area contributed by atoms with Crippen LogP contribution in [0.4, 0.5) is 4.79 Å². The first kappa shape index (κ1) is 17.3. The molecular weight excluding hydrogens is 254 g/mol. The summed E-state index contributed by atoms with van der Waals surface area (Å²) in [5, 5.41) is 4.63. The van der Waals surface area contributed by atoms with E-state index in [1.54, 1.807) is 11.9 Å². The highest BCUT2D eigenvalue weighted by Gasteiger charge is 2.11. The Kier molecular flexibility index (Phi) is 9.37. The van der Waals surface area contributed by atoms with Crippen molar-refractivity contribution in [1.29, 1.82) is 0 Å². The molecule has 0 fully saturated rings. The van der Waals surface area contributed by atoms with Crippen LogP contribution in [0.3, 0.4) is 0 Å². The van der Waals surface area contributed by atoms with E-state index >= 15 is 0 Å². The van der Waals surface area contributed by atoms with E-state index in [-0.39, 0.29) is 18.9 Å². The Morgan fingerprint density at radius 2 is 1.89 bits per heavy atom. The lowest BCUT2D eigenvalue weighted by molar-refractivity contribution is -0.141. The molecular formula is C11H21N3O5. The fraction of sp³-hybridized carbons (Fsp3) is 0.727. The molecule has 0 saturated heterocycles. The van der Waals surface area contributed by atoms with E-state index < -0.39 is 11.9 Å². The standard InChI is InChI=1S/C11H21N3O5/c1-14(6-4-10(16)19-3)8-9(15)13-11(17)12-5-7-18-2/h4-8H2,1-3H3,(H2,12,13,15,17). The summed E-state index contributed by atoms with van der Waals surface area (Å²) in [5.41, 5.74) is 0. The number of esters is 1. The second-order valence-electron chi connectivity index (χ2n) is 3.86. The zero-order chi connectivity index (χ0) is 14.7. The van der Waals surface area contributed by atoms with Crippen LogP contribution < -0.4 is 10.6 Å². The van der Waals surface area contributed by atoms with E-state index in [2.05, 4.69) is 15.4 Å². The van der Waals surface area contributed by atoms with Crippen molar-refractivity contribution in [3.63, 3.8) is 0 Å². The van der Waals surface area contributed by atoms with E-state index in [9.17, 15) is 14.4 Å². The zero-order valence-electron chi connectivity index (χ0n) is 11.5. The van der Waals surface area contributed by atoms with Crippen LogP contribution in [-0.4, -0.2) is 70.3 Å². The summed E-state index contributed by atoms with van der Waals surface area (Å²) in [7, 11) is 4.49. The molecule has 0 bridgehead atoms. The van der Waals surface area contributed by atoms with Gasteiger partial charge in [0.1, 0.15) is 0 Å². The van der Waals surface area contributed by atoms with Crippen molar-refractivity contribution >= 4 is 17.9 Å². The molecule has 0 aromatic rings. The predicted molar refractivity (Wildman–Crippen MR) is 67.5 cm³/mol.